The van der Waals surface area contributed by atoms with Crippen LogP contribution in [0.4, 0.5) is 0 Å². The summed E-state index contributed by atoms with van der Waals surface area (Å²) in [6, 6.07) is 0. The van der Waals surface area contributed by atoms with E-state index >= 15 is 0 Å². The van der Waals surface area contributed by atoms with E-state index < -0.39 is 13.9 Å². The van der Waals surface area contributed by atoms with Crippen LogP contribution >= 0.6 is 7.82 Å². The van der Waals surface area contributed by atoms with Crippen molar-refractivity contribution < 1.29 is 28.3 Å². The number of rotatable bonds is 18. The third-order valence-electron chi connectivity index (χ3n) is 3.93. The Morgan fingerprint density at radius 1 is 0.800 bits per heavy atom. The highest BCUT2D eigenvalue weighted by molar-refractivity contribution is 7.46. The van der Waals surface area contributed by atoms with Gasteiger partial charge in [0.2, 0.25) is 0 Å². The van der Waals surface area contributed by atoms with Gasteiger partial charge in [0.05, 0.1) is 25.4 Å². The summed E-state index contributed by atoms with van der Waals surface area (Å²) in [7, 11) is -4.44. The number of phosphoric ester groups is 1. The molecule has 0 aliphatic rings. The van der Waals surface area contributed by atoms with Crippen molar-refractivity contribution in [1.29, 1.82) is 0 Å². The zero-order valence-electron chi connectivity index (χ0n) is 16.3. The second-order valence-electron chi connectivity index (χ2n) is 6.81. The SMILES string of the molecule is CCCCCCCCCCCCOCC(C)OCC(C)OP(=O)(O)O. The molecule has 0 aromatic carbocycles. The fourth-order valence-corrected chi connectivity index (χ4v) is 3.08. The van der Waals surface area contributed by atoms with Gasteiger partial charge in [-0.25, -0.2) is 4.57 Å². The van der Waals surface area contributed by atoms with E-state index in [0.29, 0.717) is 6.61 Å². The van der Waals surface area contributed by atoms with E-state index in [1.807, 2.05) is 6.92 Å². The number of hydrogen-bond acceptors (Lipinski definition) is 4. The van der Waals surface area contributed by atoms with Crippen LogP contribution in [0.3, 0.4) is 0 Å². The lowest BCUT2D eigenvalue weighted by atomic mass is 10.1. The molecule has 0 bridgehead atoms. The topological polar surface area (TPSA) is 85.2 Å². The van der Waals surface area contributed by atoms with Gasteiger partial charge in [-0.15, -0.1) is 0 Å². The van der Waals surface area contributed by atoms with Crippen molar-refractivity contribution in [1.82, 2.24) is 0 Å². The number of hydrogen-bond donors (Lipinski definition) is 2. The average molecular weight is 382 g/mol. The maximum atomic E-state index is 10.7. The first kappa shape index (κ1) is 25.0. The highest BCUT2D eigenvalue weighted by Gasteiger charge is 2.19. The molecule has 0 saturated heterocycles. The van der Waals surface area contributed by atoms with Crippen molar-refractivity contribution in [3.8, 4) is 0 Å². The number of ether oxygens (including phenoxy) is 2. The van der Waals surface area contributed by atoms with Gasteiger partial charge in [0, 0.05) is 6.61 Å². The predicted molar refractivity (Wildman–Crippen MR) is 101 cm³/mol. The van der Waals surface area contributed by atoms with E-state index in [4.69, 9.17) is 19.3 Å². The minimum absolute atomic E-state index is 0.119. The first-order chi connectivity index (χ1) is 11.8. The summed E-state index contributed by atoms with van der Waals surface area (Å²) in [6.45, 7) is 7.04. The number of unbranched alkanes of at least 4 members (excludes halogenated alkanes) is 9. The van der Waals surface area contributed by atoms with Crippen molar-refractivity contribution in [2.24, 2.45) is 0 Å². The Morgan fingerprint density at radius 2 is 1.32 bits per heavy atom. The molecule has 0 spiro atoms. The van der Waals surface area contributed by atoms with Gasteiger partial charge in [-0.05, 0) is 20.3 Å². The molecule has 0 saturated carbocycles. The molecular formula is C18H39O6P. The van der Waals surface area contributed by atoms with Gasteiger partial charge in [0.25, 0.3) is 0 Å². The van der Waals surface area contributed by atoms with Crippen molar-refractivity contribution in [2.75, 3.05) is 19.8 Å². The lowest BCUT2D eigenvalue weighted by molar-refractivity contribution is -0.0362. The molecule has 0 aromatic heterocycles. The first-order valence-electron chi connectivity index (χ1n) is 9.78. The van der Waals surface area contributed by atoms with Crippen LogP contribution < -0.4 is 0 Å². The van der Waals surface area contributed by atoms with Gasteiger partial charge in [0.1, 0.15) is 0 Å². The van der Waals surface area contributed by atoms with Gasteiger partial charge in [-0.3, -0.25) is 4.52 Å². The molecule has 0 rings (SSSR count). The largest absolute Gasteiger partial charge is 0.469 e. The Labute approximate surface area is 153 Å². The Hall–Kier alpha value is 0.0300. The minimum atomic E-state index is -4.44. The maximum absolute atomic E-state index is 10.7. The van der Waals surface area contributed by atoms with E-state index in [9.17, 15) is 4.57 Å². The third-order valence-corrected chi connectivity index (χ3v) is 4.56. The Balaban J connectivity index is 3.32. The molecule has 0 aliphatic carbocycles. The summed E-state index contributed by atoms with van der Waals surface area (Å²) in [6.07, 6.45) is 12.3. The van der Waals surface area contributed by atoms with E-state index in [-0.39, 0.29) is 12.7 Å². The fraction of sp³-hybridized carbons (Fsp3) is 1.00. The van der Waals surface area contributed by atoms with Crippen LogP contribution in [0.15, 0.2) is 0 Å². The zero-order chi connectivity index (χ0) is 19.0. The quantitative estimate of drug-likeness (QED) is 0.261. The average Bonchev–Trinajstić information content (AvgIpc) is 2.52. The second kappa shape index (κ2) is 16.2. The molecule has 2 N–H and O–H groups in total. The lowest BCUT2D eigenvalue weighted by Gasteiger charge is -2.18. The van der Waals surface area contributed by atoms with E-state index in [2.05, 4.69) is 11.4 Å². The van der Waals surface area contributed by atoms with Gasteiger partial charge < -0.3 is 19.3 Å². The standard InChI is InChI=1S/C18H39O6P/c1-4-5-6-7-8-9-10-11-12-13-14-22-15-17(2)23-16-18(3)24-25(19,20)21/h17-18H,4-16H2,1-3H3,(H2,19,20,21). The Bertz CT molecular complexity index is 334. The van der Waals surface area contributed by atoms with Gasteiger partial charge in [-0.1, -0.05) is 64.7 Å². The van der Waals surface area contributed by atoms with Crippen molar-refractivity contribution >= 4 is 7.82 Å². The van der Waals surface area contributed by atoms with Crippen molar-refractivity contribution in [3.63, 3.8) is 0 Å². The van der Waals surface area contributed by atoms with Crippen LogP contribution in [0.5, 0.6) is 0 Å². The molecule has 7 heteroatoms. The molecule has 6 nitrogen and oxygen atoms in total. The van der Waals surface area contributed by atoms with Crippen LogP contribution in [0.1, 0.15) is 85.0 Å². The normalized spacial score (nSPS) is 14.6. The summed E-state index contributed by atoms with van der Waals surface area (Å²) in [4.78, 5) is 17.4. The smallest absolute Gasteiger partial charge is 0.379 e. The Morgan fingerprint density at radius 3 is 1.84 bits per heavy atom. The van der Waals surface area contributed by atoms with Gasteiger partial charge >= 0.3 is 7.82 Å². The summed E-state index contributed by atoms with van der Waals surface area (Å²) < 4.78 is 26.2. The van der Waals surface area contributed by atoms with Gasteiger partial charge in [-0.2, -0.15) is 0 Å². The Kier molecular flexibility index (Phi) is 16.2. The minimum Gasteiger partial charge on any atom is -0.379 e. The summed E-state index contributed by atoms with van der Waals surface area (Å²) in [5.74, 6) is 0. The monoisotopic (exact) mass is 382 g/mol. The summed E-state index contributed by atoms with van der Waals surface area (Å²) >= 11 is 0. The predicted octanol–water partition coefficient (Wildman–Crippen LogP) is 4.83. The van der Waals surface area contributed by atoms with E-state index in [0.717, 1.165) is 13.0 Å². The molecule has 2 atom stereocenters. The van der Waals surface area contributed by atoms with Crippen LogP contribution in [0.2, 0.25) is 0 Å². The molecule has 0 fully saturated rings. The molecular weight excluding hydrogens is 343 g/mol. The van der Waals surface area contributed by atoms with E-state index in [1.54, 1.807) is 6.92 Å². The molecule has 0 amide bonds. The maximum Gasteiger partial charge on any atom is 0.469 e. The lowest BCUT2D eigenvalue weighted by Crippen LogP contribution is -2.23. The summed E-state index contributed by atoms with van der Waals surface area (Å²) in [5, 5.41) is 0. The molecule has 0 aliphatic heterocycles. The van der Waals surface area contributed by atoms with Crippen molar-refractivity contribution in [2.45, 2.75) is 97.2 Å². The van der Waals surface area contributed by atoms with Gasteiger partial charge in [0.15, 0.2) is 0 Å². The first-order valence-corrected chi connectivity index (χ1v) is 11.3. The second-order valence-corrected chi connectivity index (χ2v) is 8.00. The fourth-order valence-electron chi connectivity index (χ4n) is 2.55. The molecule has 0 heterocycles. The van der Waals surface area contributed by atoms with Crippen LogP contribution in [0.25, 0.3) is 0 Å². The highest BCUT2D eigenvalue weighted by Crippen LogP contribution is 2.37. The third kappa shape index (κ3) is 20.2. The molecule has 0 aromatic rings. The molecule has 152 valence electrons. The number of phosphoric acid groups is 1. The van der Waals surface area contributed by atoms with Crippen LogP contribution in [-0.4, -0.2) is 41.8 Å². The molecule has 2 unspecified atom stereocenters. The highest BCUT2D eigenvalue weighted by atomic mass is 31.2. The zero-order valence-corrected chi connectivity index (χ0v) is 17.2. The summed E-state index contributed by atoms with van der Waals surface area (Å²) in [5.41, 5.74) is 0. The van der Waals surface area contributed by atoms with Crippen LogP contribution in [-0.2, 0) is 18.6 Å². The van der Waals surface area contributed by atoms with Crippen LogP contribution in [0, 0.1) is 0 Å². The molecule has 0 radical (unpaired) electrons. The van der Waals surface area contributed by atoms with Crippen molar-refractivity contribution in [3.05, 3.63) is 0 Å². The molecule has 25 heavy (non-hydrogen) atoms. The van der Waals surface area contributed by atoms with E-state index in [1.165, 1.54) is 57.8 Å².